The number of hydrogen-bond donors (Lipinski definition) is 1. The van der Waals surface area contributed by atoms with Gasteiger partial charge in [-0.15, -0.1) is 0 Å². The molecule has 152 valence electrons. The van der Waals surface area contributed by atoms with Crippen LogP contribution in [0.5, 0.6) is 5.75 Å². The number of phenols is 1. The summed E-state index contributed by atoms with van der Waals surface area (Å²) in [6, 6.07) is 15.9. The summed E-state index contributed by atoms with van der Waals surface area (Å²) in [6.45, 7) is 4.51. The molecule has 2 aromatic carbocycles. The zero-order valence-corrected chi connectivity index (χ0v) is 17.3. The Morgan fingerprint density at radius 3 is 2.69 bits per heavy atom. The summed E-state index contributed by atoms with van der Waals surface area (Å²) < 4.78 is 0. The van der Waals surface area contributed by atoms with Crippen molar-refractivity contribution in [1.82, 2.24) is 9.80 Å². The number of carbonyl (C=O) groups excluding carboxylic acids is 1. The van der Waals surface area contributed by atoms with Crippen LogP contribution in [0.15, 0.2) is 48.5 Å². The molecule has 1 aliphatic heterocycles. The lowest BCUT2D eigenvalue weighted by atomic mass is 9.61. The number of phenolic OH excluding ortho intramolecular Hbond substituents is 1. The van der Waals surface area contributed by atoms with Crippen molar-refractivity contribution in [3.05, 3.63) is 65.2 Å². The van der Waals surface area contributed by atoms with Crippen molar-refractivity contribution in [3.63, 3.8) is 0 Å². The molecular formula is C25H30N2O2. The fraction of sp³-hybridized carbons (Fsp3) is 0.480. The molecule has 5 rings (SSSR count). The van der Waals surface area contributed by atoms with Gasteiger partial charge in [0.25, 0.3) is 5.91 Å². The predicted octanol–water partition coefficient (Wildman–Crippen LogP) is 3.83. The van der Waals surface area contributed by atoms with Gasteiger partial charge in [-0.25, -0.2) is 0 Å². The molecule has 2 aromatic rings. The minimum absolute atomic E-state index is 0.0868. The van der Waals surface area contributed by atoms with Crippen molar-refractivity contribution >= 4 is 5.91 Å². The first-order valence-electron chi connectivity index (χ1n) is 10.9. The SMILES string of the molecule is CN(C(=O)c1ccccc1)[C@@H]1[C@H]2Cc3ccc(O)cc3[C@]1(C)CCN2CC1CC1. The molecular weight excluding hydrogens is 360 g/mol. The third-order valence-electron chi connectivity index (χ3n) is 7.49. The molecule has 3 aliphatic rings. The topological polar surface area (TPSA) is 43.8 Å². The highest BCUT2D eigenvalue weighted by molar-refractivity contribution is 5.94. The van der Waals surface area contributed by atoms with E-state index in [1.807, 2.05) is 54.4 Å². The number of nitrogens with zero attached hydrogens (tertiary/aromatic N) is 2. The van der Waals surface area contributed by atoms with Crippen molar-refractivity contribution < 1.29 is 9.90 Å². The summed E-state index contributed by atoms with van der Waals surface area (Å²) in [7, 11) is 1.97. The molecule has 2 aliphatic carbocycles. The molecule has 2 fully saturated rings. The van der Waals surface area contributed by atoms with E-state index in [0.717, 1.165) is 37.4 Å². The van der Waals surface area contributed by atoms with Gasteiger partial charge in [-0.05, 0) is 73.5 Å². The molecule has 0 radical (unpaired) electrons. The molecule has 1 heterocycles. The molecule has 3 atom stereocenters. The van der Waals surface area contributed by atoms with Crippen LogP contribution in [-0.4, -0.2) is 53.0 Å². The Kier molecular flexibility index (Phi) is 4.43. The quantitative estimate of drug-likeness (QED) is 0.863. The van der Waals surface area contributed by atoms with Crippen molar-refractivity contribution in [3.8, 4) is 5.75 Å². The van der Waals surface area contributed by atoms with Crippen LogP contribution < -0.4 is 0 Å². The van der Waals surface area contributed by atoms with Crippen LogP contribution in [0.4, 0.5) is 0 Å². The molecule has 1 N–H and O–H groups in total. The Morgan fingerprint density at radius 1 is 1.21 bits per heavy atom. The molecule has 1 saturated heterocycles. The van der Waals surface area contributed by atoms with Gasteiger partial charge in [0.05, 0.1) is 6.04 Å². The van der Waals surface area contributed by atoms with Crippen molar-refractivity contribution in [2.75, 3.05) is 20.1 Å². The van der Waals surface area contributed by atoms with E-state index in [4.69, 9.17) is 0 Å². The molecule has 29 heavy (non-hydrogen) atoms. The van der Waals surface area contributed by atoms with Crippen molar-refractivity contribution in [2.24, 2.45) is 5.92 Å². The van der Waals surface area contributed by atoms with Crippen LogP contribution >= 0.6 is 0 Å². The van der Waals surface area contributed by atoms with E-state index in [2.05, 4.69) is 17.9 Å². The Hall–Kier alpha value is -2.33. The first-order valence-corrected chi connectivity index (χ1v) is 10.9. The van der Waals surface area contributed by atoms with Gasteiger partial charge in [0.1, 0.15) is 5.75 Å². The maximum absolute atomic E-state index is 13.4. The van der Waals surface area contributed by atoms with E-state index in [-0.39, 0.29) is 17.4 Å². The summed E-state index contributed by atoms with van der Waals surface area (Å²) in [5, 5.41) is 10.2. The lowest BCUT2D eigenvalue weighted by Gasteiger charge is -2.58. The fourth-order valence-corrected chi connectivity index (χ4v) is 5.80. The largest absolute Gasteiger partial charge is 0.508 e. The lowest BCUT2D eigenvalue weighted by molar-refractivity contribution is -0.00728. The van der Waals surface area contributed by atoms with Crippen molar-refractivity contribution in [2.45, 2.75) is 50.1 Å². The minimum atomic E-state index is -0.157. The van der Waals surface area contributed by atoms with Crippen LogP contribution in [0, 0.1) is 5.92 Å². The second kappa shape index (κ2) is 6.88. The molecule has 0 unspecified atom stereocenters. The standard InChI is InChI=1S/C25H30N2O2/c1-25-12-13-27(16-17-8-9-17)22(14-19-10-11-20(28)15-21(19)25)23(25)26(2)24(29)18-6-4-3-5-7-18/h3-7,10-11,15,17,22-23,28H,8-9,12-14,16H2,1-2H3/t22-,23-,25+/m1/s1. The first-order chi connectivity index (χ1) is 14.0. The molecule has 1 saturated carbocycles. The minimum Gasteiger partial charge on any atom is -0.508 e. The number of benzene rings is 2. The molecule has 4 heteroatoms. The van der Waals surface area contributed by atoms with Crippen LogP contribution in [0.25, 0.3) is 0 Å². The number of piperidine rings is 1. The van der Waals surface area contributed by atoms with E-state index < -0.39 is 0 Å². The number of amides is 1. The number of hydrogen-bond acceptors (Lipinski definition) is 3. The first kappa shape index (κ1) is 18.7. The zero-order valence-electron chi connectivity index (χ0n) is 17.3. The van der Waals surface area contributed by atoms with Gasteiger partial charge >= 0.3 is 0 Å². The summed E-state index contributed by atoms with van der Waals surface area (Å²) in [6.07, 6.45) is 4.63. The normalized spacial score (nSPS) is 28.6. The van der Waals surface area contributed by atoms with E-state index >= 15 is 0 Å². The predicted molar refractivity (Wildman–Crippen MR) is 114 cm³/mol. The van der Waals surface area contributed by atoms with E-state index in [1.165, 1.54) is 24.0 Å². The Bertz CT molecular complexity index is 924. The smallest absolute Gasteiger partial charge is 0.253 e. The molecule has 2 bridgehead atoms. The number of rotatable bonds is 4. The van der Waals surface area contributed by atoms with Gasteiger partial charge in [-0.2, -0.15) is 0 Å². The highest BCUT2D eigenvalue weighted by Gasteiger charge is 2.53. The molecule has 1 amide bonds. The number of carbonyl (C=O) groups is 1. The van der Waals surface area contributed by atoms with Gasteiger partial charge in [-0.3, -0.25) is 9.69 Å². The molecule has 0 aromatic heterocycles. The zero-order chi connectivity index (χ0) is 20.2. The summed E-state index contributed by atoms with van der Waals surface area (Å²) in [5.41, 5.74) is 3.13. The highest BCUT2D eigenvalue weighted by atomic mass is 16.3. The van der Waals surface area contributed by atoms with Crippen LogP contribution in [-0.2, 0) is 11.8 Å². The van der Waals surface area contributed by atoms with Gasteiger partial charge in [0, 0.05) is 30.6 Å². The monoisotopic (exact) mass is 390 g/mol. The average molecular weight is 391 g/mol. The van der Waals surface area contributed by atoms with Crippen molar-refractivity contribution in [1.29, 1.82) is 0 Å². The average Bonchev–Trinajstić information content (AvgIpc) is 3.55. The van der Waals surface area contributed by atoms with Crippen LogP contribution in [0.1, 0.15) is 47.7 Å². The number of likely N-dealkylation sites (tertiary alicyclic amines) is 1. The van der Waals surface area contributed by atoms with Gasteiger partial charge < -0.3 is 10.0 Å². The highest BCUT2D eigenvalue weighted by Crippen LogP contribution is 2.48. The number of likely N-dealkylation sites (N-methyl/N-ethyl adjacent to an activating group) is 1. The second-order valence-corrected chi connectivity index (χ2v) is 9.45. The third kappa shape index (κ3) is 3.14. The van der Waals surface area contributed by atoms with E-state index in [1.54, 1.807) is 0 Å². The van der Waals surface area contributed by atoms with E-state index in [9.17, 15) is 9.90 Å². The Labute approximate surface area is 173 Å². The Balaban J connectivity index is 1.56. The number of aromatic hydroxyl groups is 1. The lowest BCUT2D eigenvalue weighted by Crippen LogP contribution is -2.68. The maximum Gasteiger partial charge on any atom is 0.253 e. The summed E-state index contributed by atoms with van der Waals surface area (Å²) in [4.78, 5) is 18.0. The fourth-order valence-electron chi connectivity index (χ4n) is 5.80. The Morgan fingerprint density at radius 2 is 1.97 bits per heavy atom. The van der Waals surface area contributed by atoms with Crippen LogP contribution in [0.3, 0.4) is 0 Å². The third-order valence-corrected chi connectivity index (χ3v) is 7.49. The summed E-state index contributed by atoms with van der Waals surface area (Å²) >= 11 is 0. The van der Waals surface area contributed by atoms with Gasteiger partial charge in [0.15, 0.2) is 0 Å². The molecule has 4 nitrogen and oxygen atoms in total. The summed E-state index contributed by atoms with van der Waals surface area (Å²) in [5.74, 6) is 1.24. The van der Waals surface area contributed by atoms with Gasteiger partial charge in [0.2, 0.25) is 0 Å². The maximum atomic E-state index is 13.4. The molecule has 0 spiro atoms. The number of fused-ring (bicyclic) bond motifs is 4. The van der Waals surface area contributed by atoms with E-state index in [0.29, 0.717) is 11.8 Å². The van der Waals surface area contributed by atoms with Gasteiger partial charge in [-0.1, -0.05) is 31.2 Å². The second-order valence-electron chi connectivity index (χ2n) is 9.45. The van der Waals surface area contributed by atoms with Crippen LogP contribution in [0.2, 0.25) is 0 Å².